The third-order valence-electron chi connectivity index (χ3n) is 5.74. The Kier molecular flexibility index (Phi) is 5.46. The molecule has 0 aliphatic carbocycles. The number of hydrogen-bond acceptors (Lipinski definition) is 6. The van der Waals surface area contributed by atoms with E-state index >= 15 is 0 Å². The predicted molar refractivity (Wildman–Crippen MR) is 115 cm³/mol. The number of nitrogens with one attached hydrogen (secondary N) is 1. The molecule has 4 amide bonds. The van der Waals surface area contributed by atoms with Crippen molar-refractivity contribution in [2.24, 2.45) is 0 Å². The van der Waals surface area contributed by atoms with E-state index in [1.807, 2.05) is 13.8 Å². The van der Waals surface area contributed by atoms with E-state index in [1.165, 1.54) is 18.2 Å². The first-order valence-electron chi connectivity index (χ1n) is 10.3. The highest BCUT2D eigenvalue weighted by molar-refractivity contribution is 7.90. The molecule has 2 aromatic rings. The lowest BCUT2D eigenvalue weighted by Crippen LogP contribution is -2.54. The molecule has 0 saturated carbocycles. The van der Waals surface area contributed by atoms with E-state index in [4.69, 9.17) is 0 Å². The summed E-state index contributed by atoms with van der Waals surface area (Å²) in [4.78, 5) is 50.4. The maximum atomic E-state index is 13.1. The van der Waals surface area contributed by atoms with Crippen LogP contribution in [0, 0.1) is 0 Å². The minimum Gasteiger partial charge on any atom is -0.295 e. The van der Waals surface area contributed by atoms with Crippen LogP contribution in [0.25, 0.3) is 0 Å². The van der Waals surface area contributed by atoms with Crippen LogP contribution in [0.3, 0.4) is 0 Å². The van der Waals surface area contributed by atoms with Gasteiger partial charge in [-0.3, -0.25) is 29.4 Å². The molecule has 2 heterocycles. The molecule has 32 heavy (non-hydrogen) atoms. The van der Waals surface area contributed by atoms with E-state index in [-0.39, 0.29) is 40.5 Å². The van der Waals surface area contributed by atoms with Crippen molar-refractivity contribution >= 4 is 33.5 Å². The lowest BCUT2D eigenvalue weighted by atomic mass is 10.0. The highest BCUT2D eigenvalue weighted by Crippen LogP contribution is 2.30. The quantitative estimate of drug-likeness (QED) is 0.692. The summed E-state index contributed by atoms with van der Waals surface area (Å²) >= 11 is 0. The number of nitrogens with zero attached hydrogens (tertiary/aromatic N) is 1. The van der Waals surface area contributed by atoms with Gasteiger partial charge in [0.25, 0.3) is 11.8 Å². The molecular weight excluding hydrogens is 432 g/mol. The number of carbonyl (C=O) groups is 4. The van der Waals surface area contributed by atoms with Crippen molar-refractivity contribution in [2.45, 2.75) is 49.3 Å². The van der Waals surface area contributed by atoms with Crippen LogP contribution in [0.5, 0.6) is 0 Å². The van der Waals surface area contributed by atoms with Crippen LogP contribution in [0.1, 0.15) is 64.4 Å². The smallest absolute Gasteiger partial charge is 0.262 e. The zero-order valence-corrected chi connectivity index (χ0v) is 18.4. The van der Waals surface area contributed by atoms with E-state index in [0.717, 1.165) is 4.90 Å². The molecule has 0 aromatic heterocycles. The molecule has 0 bridgehead atoms. The van der Waals surface area contributed by atoms with E-state index in [0.29, 0.717) is 11.1 Å². The number of carbonyl (C=O) groups excluding carboxylic acids is 4. The summed E-state index contributed by atoms with van der Waals surface area (Å²) in [6.45, 7) is 3.83. The standard InChI is InChI=1S/C23H22N2O6S/c1-13(2)15-5-3-4-6-19(15)32(30,31)12-14-7-8-16-17(11-14)23(29)25(22(16)28)18-9-10-20(26)24-21(18)27/h3-8,11,13,18H,9-10,12H2,1-2H3,(H,24,26,27). The molecule has 2 aromatic carbocycles. The predicted octanol–water partition coefficient (Wildman–Crippen LogP) is 2.19. The molecule has 1 atom stereocenters. The molecule has 1 fully saturated rings. The minimum atomic E-state index is -3.70. The molecule has 4 rings (SSSR count). The number of fused-ring (bicyclic) bond motifs is 1. The first-order chi connectivity index (χ1) is 15.1. The Labute approximate surface area is 185 Å². The summed E-state index contributed by atoms with van der Waals surface area (Å²) in [5.74, 6) is -2.74. The fourth-order valence-corrected chi connectivity index (χ4v) is 5.87. The number of benzene rings is 2. The van der Waals surface area contributed by atoms with E-state index < -0.39 is 39.5 Å². The molecule has 1 N–H and O–H groups in total. The van der Waals surface area contributed by atoms with Crippen LogP contribution in [0.4, 0.5) is 0 Å². The molecule has 0 radical (unpaired) electrons. The first-order valence-corrected chi connectivity index (χ1v) is 11.9. The van der Waals surface area contributed by atoms with E-state index in [2.05, 4.69) is 5.32 Å². The van der Waals surface area contributed by atoms with Crippen LogP contribution < -0.4 is 5.32 Å². The second kappa shape index (κ2) is 7.98. The van der Waals surface area contributed by atoms with Crippen LogP contribution in [0.2, 0.25) is 0 Å². The van der Waals surface area contributed by atoms with Crippen LogP contribution >= 0.6 is 0 Å². The van der Waals surface area contributed by atoms with E-state index in [1.54, 1.807) is 24.3 Å². The van der Waals surface area contributed by atoms with Gasteiger partial charge in [-0.2, -0.15) is 0 Å². The topological polar surface area (TPSA) is 118 Å². The Morgan fingerprint density at radius 1 is 1.00 bits per heavy atom. The summed E-state index contributed by atoms with van der Waals surface area (Å²) in [5, 5.41) is 2.15. The van der Waals surface area contributed by atoms with Crippen molar-refractivity contribution in [3.8, 4) is 0 Å². The Morgan fingerprint density at radius 2 is 1.69 bits per heavy atom. The molecule has 8 nitrogen and oxygen atoms in total. The lowest BCUT2D eigenvalue weighted by molar-refractivity contribution is -0.136. The van der Waals surface area contributed by atoms with Crippen molar-refractivity contribution in [2.75, 3.05) is 0 Å². The van der Waals surface area contributed by atoms with Gasteiger partial charge < -0.3 is 0 Å². The minimum absolute atomic E-state index is 0.0160. The number of imide groups is 2. The number of rotatable bonds is 5. The van der Waals surface area contributed by atoms with Gasteiger partial charge in [0.1, 0.15) is 6.04 Å². The molecule has 9 heteroatoms. The summed E-state index contributed by atoms with van der Waals surface area (Å²) < 4.78 is 26.2. The van der Waals surface area contributed by atoms with E-state index in [9.17, 15) is 27.6 Å². The normalized spacial score (nSPS) is 18.8. The lowest BCUT2D eigenvalue weighted by Gasteiger charge is -2.27. The summed E-state index contributed by atoms with van der Waals surface area (Å²) in [7, 11) is -3.70. The summed E-state index contributed by atoms with van der Waals surface area (Å²) in [6.07, 6.45) is 0.0892. The third-order valence-corrected chi connectivity index (χ3v) is 7.49. The Bertz CT molecular complexity index is 1260. The highest BCUT2D eigenvalue weighted by Gasteiger charge is 2.44. The number of sulfone groups is 1. The summed E-state index contributed by atoms with van der Waals surface area (Å²) in [5.41, 5.74) is 1.26. The van der Waals surface area contributed by atoms with Crippen LogP contribution in [0.15, 0.2) is 47.4 Å². The molecule has 2 aliphatic heterocycles. The largest absolute Gasteiger partial charge is 0.295 e. The molecule has 1 unspecified atom stereocenters. The van der Waals surface area contributed by atoms with Gasteiger partial charge in [-0.1, -0.05) is 38.1 Å². The molecular formula is C23H22N2O6S. The SMILES string of the molecule is CC(C)c1ccccc1S(=O)(=O)Cc1ccc2c(c1)C(=O)N(C1CCC(=O)NC1=O)C2=O. The monoisotopic (exact) mass is 454 g/mol. The number of piperidine rings is 1. The van der Waals surface area contributed by atoms with Gasteiger partial charge in [-0.15, -0.1) is 0 Å². The fraction of sp³-hybridized carbons (Fsp3) is 0.304. The average Bonchev–Trinajstić information content (AvgIpc) is 2.98. The van der Waals surface area contributed by atoms with Crippen LogP contribution in [-0.2, 0) is 25.2 Å². The zero-order valence-electron chi connectivity index (χ0n) is 17.6. The van der Waals surface area contributed by atoms with Gasteiger partial charge >= 0.3 is 0 Å². The van der Waals surface area contributed by atoms with Crippen molar-refractivity contribution in [3.05, 3.63) is 64.7 Å². The second-order valence-corrected chi connectivity index (χ2v) is 10.2. The first kappa shape index (κ1) is 21.9. The second-order valence-electron chi connectivity index (χ2n) is 8.28. The highest BCUT2D eigenvalue weighted by atomic mass is 32.2. The fourth-order valence-electron chi connectivity index (χ4n) is 4.15. The van der Waals surface area contributed by atoms with Gasteiger partial charge in [0.2, 0.25) is 11.8 Å². The molecule has 1 saturated heterocycles. The van der Waals surface area contributed by atoms with Crippen molar-refractivity contribution < 1.29 is 27.6 Å². The average molecular weight is 455 g/mol. The Morgan fingerprint density at radius 3 is 2.38 bits per heavy atom. The van der Waals surface area contributed by atoms with Crippen molar-refractivity contribution in [3.63, 3.8) is 0 Å². The van der Waals surface area contributed by atoms with Gasteiger partial charge in [0.15, 0.2) is 9.84 Å². The molecule has 0 spiro atoms. The molecule has 166 valence electrons. The van der Waals surface area contributed by atoms with Crippen LogP contribution in [-0.4, -0.2) is 43.0 Å². The Hall–Kier alpha value is -3.33. The van der Waals surface area contributed by atoms with Gasteiger partial charge in [0, 0.05) is 6.42 Å². The maximum Gasteiger partial charge on any atom is 0.262 e. The van der Waals surface area contributed by atoms with Crippen molar-refractivity contribution in [1.82, 2.24) is 10.2 Å². The molecule has 2 aliphatic rings. The third kappa shape index (κ3) is 3.73. The van der Waals surface area contributed by atoms with Gasteiger partial charge in [0.05, 0.1) is 21.8 Å². The maximum absolute atomic E-state index is 13.1. The number of hydrogen-bond donors (Lipinski definition) is 1. The van der Waals surface area contributed by atoms with Gasteiger partial charge in [-0.05, 0) is 41.7 Å². The van der Waals surface area contributed by atoms with Crippen molar-refractivity contribution in [1.29, 1.82) is 0 Å². The summed E-state index contributed by atoms with van der Waals surface area (Å²) in [6, 6.07) is 10.1. The number of amides is 4. The van der Waals surface area contributed by atoms with Gasteiger partial charge in [-0.25, -0.2) is 8.42 Å². The zero-order chi connectivity index (χ0) is 23.2. The Balaban J connectivity index is 1.64.